The molecule has 3 aromatic rings. The highest BCUT2D eigenvalue weighted by Gasteiger charge is 2.33. The van der Waals surface area contributed by atoms with E-state index in [4.69, 9.17) is 0 Å². The smallest absolute Gasteiger partial charge is 0.251 e. The fourth-order valence-electron chi connectivity index (χ4n) is 4.25. The van der Waals surface area contributed by atoms with Crippen LogP contribution in [0.2, 0.25) is 0 Å². The number of fused-ring (bicyclic) bond motifs is 1. The van der Waals surface area contributed by atoms with Gasteiger partial charge in [-0.25, -0.2) is 0 Å². The van der Waals surface area contributed by atoms with Gasteiger partial charge in [-0.15, -0.1) is 0 Å². The van der Waals surface area contributed by atoms with Crippen LogP contribution >= 0.6 is 0 Å². The Morgan fingerprint density at radius 2 is 2.03 bits per heavy atom. The fraction of sp³-hybridized carbons (Fsp3) is 0.280. The molecular formula is C25H26N4O4. The standard InChI is InChI=1S/C25H26N4O4/c1-16-4-2-3-5-22(16)29(20(15-30)13-19-9-11-27-24(19)32)23(31)14-28-25(33)18-6-7-21-17(12-18)8-10-26-21/h2-8,10,12,15,19-20,26H,9,11,13-14H2,1H3,(H,27,32)(H,28,33)/t19-,20-/m0/s1. The molecule has 8 nitrogen and oxygen atoms in total. The number of hydrogen-bond acceptors (Lipinski definition) is 4. The van der Waals surface area contributed by atoms with Crippen molar-refractivity contribution in [2.45, 2.75) is 25.8 Å². The molecule has 2 aromatic carbocycles. The molecule has 0 unspecified atom stereocenters. The molecule has 1 aliphatic heterocycles. The van der Waals surface area contributed by atoms with E-state index in [-0.39, 0.29) is 30.7 Å². The number of carbonyl (C=O) groups is 4. The fourth-order valence-corrected chi connectivity index (χ4v) is 4.25. The maximum Gasteiger partial charge on any atom is 0.251 e. The topological polar surface area (TPSA) is 111 Å². The second-order valence-electron chi connectivity index (χ2n) is 8.23. The molecule has 1 fully saturated rings. The first-order valence-electron chi connectivity index (χ1n) is 10.9. The summed E-state index contributed by atoms with van der Waals surface area (Å²) >= 11 is 0. The molecular weight excluding hydrogens is 420 g/mol. The third kappa shape index (κ3) is 4.79. The molecule has 1 aliphatic rings. The Morgan fingerprint density at radius 1 is 1.21 bits per heavy atom. The number of para-hydroxylation sites is 1. The Morgan fingerprint density at radius 3 is 2.76 bits per heavy atom. The van der Waals surface area contributed by atoms with E-state index in [0.29, 0.717) is 30.5 Å². The maximum absolute atomic E-state index is 13.3. The number of nitrogens with one attached hydrogen (secondary N) is 3. The van der Waals surface area contributed by atoms with Crippen molar-refractivity contribution in [3.8, 4) is 0 Å². The minimum Gasteiger partial charge on any atom is -0.361 e. The van der Waals surface area contributed by atoms with Crippen LogP contribution in [0.1, 0.15) is 28.8 Å². The maximum atomic E-state index is 13.3. The molecule has 1 saturated heterocycles. The highest BCUT2D eigenvalue weighted by Crippen LogP contribution is 2.26. The molecule has 0 spiro atoms. The van der Waals surface area contributed by atoms with Crippen LogP contribution in [0.4, 0.5) is 5.69 Å². The van der Waals surface area contributed by atoms with Gasteiger partial charge in [0.15, 0.2) is 0 Å². The molecule has 2 atom stereocenters. The first-order valence-corrected chi connectivity index (χ1v) is 10.9. The van der Waals surface area contributed by atoms with E-state index in [2.05, 4.69) is 15.6 Å². The van der Waals surface area contributed by atoms with Crippen LogP contribution < -0.4 is 15.5 Å². The number of aromatic nitrogens is 1. The van der Waals surface area contributed by atoms with Crippen molar-refractivity contribution < 1.29 is 19.2 Å². The van der Waals surface area contributed by atoms with Crippen LogP contribution in [0, 0.1) is 12.8 Å². The number of nitrogens with zero attached hydrogens (tertiary/aromatic N) is 1. The summed E-state index contributed by atoms with van der Waals surface area (Å²) in [7, 11) is 0. The van der Waals surface area contributed by atoms with E-state index in [0.717, 1.165) is 16.5 Å². The Labute approximate surface area is 191 Å². The number of H-pyrrole nitrogens is 1. The van der Waals surface area contributed by atoms with Gasteiger partial charge in [0.2, 0.25) is 11.8 Å². The quantitative estimate of drug-likeness (QED) is 0.461. The summed E-state index contributed by atoms with van der Waals surface area (Å²) < 4.78 is 0. The van der Waals surface area contributed by atoms with Gasteiger partial charge >= 0.3 is 0 Å². The first-order chi connectivity index (χ1) is 16.0. The third-order valence-corrected chi connectivity index (χ3v) is 6.04. The van der Waals surface area contributed by atoms with Crippen molar-refractivity contribution in [3.05, 3.63) is 65.9 Å². The zero-order chi connectivity index (χ0) is 23.4. The number of hydrogen-bond donors (Lipinski definition) is 3. The van der Waals surface area contributed by atoms with Crippen LogP contribution in [0.15, 0.2) is 54.7 Å². The highest BCUT2D eigenvalue weighted by molar-refractivity contribution is 6.03. The van der Waals surface area contributed by atoms with E-state index < -0.39 is 11.9 Å². The molecule has 0 saturated carbocycles. The van der Waals surface area contributed by atoms with E-state index >= 15 is 0 Å². The summed E-state index contributed by atoms with van der Waals surface area (Å²) in [5.41, 5.74) is 2.75. The molecule has 0 bridgehead atoms. The Balaban J connectivity index is 1.53. The van der Waals surface area contributed by atoms with Crippen molar-refractivity contribution >= 4 is 40.6 Å². The number of rotatable bonds is 8. The van der Waals surface area contributed by atoms with Crippen LogP contribution in [0.5, 0.6) is 0 Å². The summed E-state index contributed by atoms with van der Waals surface area (Å²) in [5.74, 6) is -1.24. The van der Waals surface area contributed by atoms with Gasteiger partial charge in [0.25, 0.3) is 5.91 Å². The summed E-state index contributed by atoms with van der Waals surface area (Å²) in [6.45, 7) is 2.14. The molecule has 170 valence electrons. The Kier molecular flexibility index (Phi) is 6.53. The van der Waals surface area contributed by atoms with E-state index in [1.54, 1.807) is 36.5 Å². The van der Waals surface area contributed by atoms with Gasteiger partial charge in [0.05, 0.1) is 12.6 Å². The average molecular weight is 447 g/mol. The molecule has 33 heavy (non-hydrogen) atoms. The van der Waals surface area contributed by atoms with Gasteiger partial charge in [-0.3, -0.25) is 14.4 Å². The van der Waals surface area contributed by atoms with Gasteiger partial charge in [-0.05, 0) is 55.7 Å². The summed E-state index contributed by atoms with van der Waals surface area (Å²) in [5, 5.41) is 6.34. The van der Waals surface area contributed by atoms with Gasteiger partial charge in [-0.1, -0.05) is 18.2 Å². The van der Waals surface area contributed by atoms with Crippen molar-refractivity contribution in [1.82, 2.24) is 15.6 Å². The van der Waals surface area contributed by atoms with E-state index in [9.17, 15) is 19.2 Å². The molecule has 3 amide bonds. The normalized spacial score (nSPS) is 16.3. The molecule has 1 aromatic heterocycles. The van der Waals surface area contributed by atoms with E-state index in [1.165, 1.54) is 4.90 Å². The molecule has 3 N–H and O–H groups in total. The highest BCUT2D eigenvalue weighted by atomic mass is 16.2. The van der Waals surface area contributed by atoms with Crippen molar-refractivity contribution in [3.63, 3.8) is 0 Å². The number of anilines is 1. The predicted molar refractivity (Wildman–Crippen MR) is 125 cm³/mol. The zero-order valence-corrected chi connectivity index (χ0v) is 18.3. The third-order valence-electron chi connectivity index (χ3n) is 6.04. The average Bonchev–Trinajstić information content (AvgIpc) is 3.46. The van der Waals surface area contributed by atoms with Crippen molar-refractivity contribution in [1.29, 1.82) is 0 Å². The second-order valence-corrected chi connectivity index (χ2v) is 8.23. The van der Waals surface area contributed by atoms with Gasteiger partial charge in [0, 0.05) is 40.8 Å². The molecule has 0 aliphatic carbocycles. The lowest BCUT2D eigenvalue weighted by Gasteiger charge is -2.31. The number of amides is 3. The summed E-state index contributed by atoms with van der Waals surface area (Å²) in [4.78, 5) is 54.6. The lowest BCUT2D eigenvalue weighted by molar-refractivity contribution is -0.124. The monoisotopic (exact) mass is 446 g/mol. The van der Waals surface area contributed by atoms with Crippen LogP contribution in [-0.4, -0.2) is 48.1 Å². The number of carbonyl (C=O) groups excluding carboxylic acids is 4. The molecule has 2 heterocycles. The van der Waals surface area contributed by atoms with Crippen LogP contribution in [0.25, 0.3) is 10.9 Å². The van der Waals surface area contributed by atoms with Gasteiger partial charge in [-0.2, -0.15) is 0 Å². The minimum absolute atomic E-state index is 0.104. The Bertz CT molecular complexity index is 1200. The number of aryl methyl sites for hydroxylation is 1. The van der Waals surface area contributed by atoms with Crippen LogP contribution in [0.3, 0.4) is 0 Å². The Hall–Kier alpha value is -3.94. The minimum atomic E-state index is -0.819. The predicted octanol–water partition coefficient (Wildman–Crippen LogP) is 2.33. The number of aromatic amines is 1. The second kappa shape index (κ2) is 9.68. The lowest BCUT2D eigenvalue weighted by Crippen LogP contribution is -2.48. The summed E-state index contributed by atoms with van der Waals surface area (Å²) in [6, 6.07) is 13.5. The van der Waals surface area contributed by atoms with E-state index in [1.807, 2.05) is 25.1 Å². The van der Waals surface area contributed by atoms with Gasteiger partial charge in [0.1, 0.15) is 6.29 Å². The molecule has 8 heteroatoms. The molecule has 0 radical (unpaired) electrons. The number of benzene rings is 2. The van der Waals surface area contributed by atoms with Gasteiger partial charge < -0.3 is 25.3 Å². The lowest BCUT2D eigenvalue weighted by atomic mass is 9.97. The van der Waals surface area contributed by atoms with Crippen molar-refractivity contribution in [2.24, 2.45) is 5.92 Å². The first kappa shape index (κ1) is 22.3. The summed E-state index contributed by atoms with van der Waals surface area (Å²) in [6.07, 6.45) is 3.35. The van der Waals surface area contributed by atoms with Crippen molar-refractivity contribution in [2.75, 3.05) is 18.0 Å². The molecule has 4 rings (SSSR count). The largest absolute Gasteiger partial charge is 0.361 e. The SMILES string of the molecule is Cc1ccccc1N(C(=O)CNC(=O)c1ccc2[nH]ccc2c1)[C@H](C=O)C[C@@H]1CCNC1=O. The van der Waals surface area contributed by atoms with Crippen LogP contribution in [-0.2, 0) is 14.4 Å². The number of aldehydes is 1. The zero-order valence-electron chi connectivity index (χ0n) is 18.3.